The molecule has 0 bridgehead atoms. The summed E-state index contributed by atoms with van der Waals surface area (Å²) < 4.78 is 4.74. The standard InChI is InChI=1S/C13H12N2O3/c1-8-2-3-11-10(4-8)9(6-18-7-16)5-12(15-11)13(14)17/h2-5,7H,6H2,1H3,(H2,14,17). The van der Waals surface area contributed by atoms with Gasteiger partial charge in [0.15, 0.2) is 0 Å². The maximum Gasteiger partial charge on any atom is 0.293 e. The molecule has 5 heteroatoms. The zero-order chi connectivity index (χ0) is 13.1. The Bertz CT molecular complexity index is 623. The van der Waals surface area contributed by atoms with Gasteiger partial charge in [-0.15, -0.1) is 0 Å². The maximum absolute atomic E-state index is 11.2. The van der Waals surface area contributed by atoms with Crippen LogP contribution >= 0.6 is 0 Å². The van der Waals surface area contributed by atoms with Crippen LogP contribution in [0.2, 0.25) is 0 Å². The molecule has 0 spiro atoms. The second-order valence-electron chi connectivity index (χ2n) is 3.96. The van der Waals surface area contributed by atoms with Crippen LogP contribution in [0.15, 0.2) is 24.3 Å². The molecule has 92 valence electrons. The number of nitrogens with zero attached hydrogens (tertiary/aromatic N) is 1. The van der Waals surface area contributed by atoms with Gasteiger partial charge in [0.2, 0.25) is 0 Å². The van der Waals surface area contributed by atoms with Crippen LogP contribution in [0.5, 0.6) is 0 Å². The topological polar surface area (TPSA) is 82.3 Å². The van der Waals surface area contributed by atoms with Crippen LogP contribution in [0.4, 0.5) is 0 Å². The minimum atomic E-state index is -0.607. The lowest BCUT2D eigenvalue weighted by Crippen LogP contribution is -2.14. The fourth-order valence-corrected chi connectivity index (χ4v) is 1.78. The minimum absolute atomic E-state index is 0.0895. The van der Waals surface area contributed by atoms with Crippen LogP contribution in [0.25, 0.3) is 10.9 Å². The summed E-state index contributed by atoms with van der Waals surface area (Å²) in [6.07, 6.45) is 0. The van der Waals surface area contributed by atoms with Gasteiger partial charge < -0.3 is 10.5 Å². The van der Waals surface area contributed by atoms with E-state index in [1.165, 1.54) is 0 Å². The van der Waals surface area contributed by atoms with E-state index in [-0.39, 0.29) is 12.3 Å². The number of fused-ring (bicyclic) bond motifs is 1. The van der Waals surface area contributed by atoms with E-state index in [0.717, 1.165) is 10.9 Å². The van der Waals surface area contributed by atoms with Gasteiger partial charge in [0.05, 0.1) is 5.52 Å². The van der Waals surface area contributed by atoms with Crippen LogP contribution in [-0.2, 0) is 16.1 Å². The molecule has 0 aliphatic carbocycles. The number of primary amides is 1. The highest BCUT2D eigenvalue weighted by atomic mass is 16.5. The molecule has 0 saturated carbocycles. The molecule has 1 aromatic carbocycles. The predicted molar refractivity (Wildman–Crippen MR) is 65.9 cm³/mol. The normalized spacial score (nSPS) is 10.3. The van der Waals surface area contributed by atoms with E-state index in [1.807, 2.05) is 25.1 Å². The number of aromatic nitrogens is 1. The summed E-state index contributed by atoms with van der Waals surface area (Å²) in [7, 11) is 0. The summed E-state index contributed by atoms with van der Waals surface area (Å²) in [5.74, 6) is -0.607. The molecule has 5 nitrogen and oxygen atoms in total. The average molecular weight is 244 g/mol. The lowest BCUT2D eigenvalue weighted by molar-refractivity contribution is -0.129. The fraction of sp³-hybridized carbons (Fsp3) is 0.154. The van der Waals surface area contributed by atoms with Gasteiger partial charge in [-0.2, -0.15) is 0 Å². The molecule has 0 unspecified atom stereocenters. The van der Waals surface area contributed by atoms with Crippen LogP contribution in [-0.4, -0.2) is 17.4 Å². The molecule has 2 rings (SSSR count). The largest absolute Gasteiger partial charge is 0.463 e. The van der Waals surface area contributed by atoms with E-state index in [9.17, 15) is 9.59 Å². The quantitative estimate of drug-likeness (QED) is 0.822. The number of carbonyl (C=O) groups is 2. The number of amides is 1. The first kappa shape index (κ1) is 12.0. The molecule has 0 aliphatic rings. The molecule has 0 saturated heterocycles. The van der Waals surface area contributed by atoms with Gasteiger partial charge in [-0.1, -0.05) is 11.6 Å². The first-order valence-corrected chi connectivity index (χ1v) is 5.37. The number of benzene rings is 1. The highest BCUT2D eigenvalue weighted by molar-refractivity contribution is 5.95. The van der Waals surface area contributed by atoms with Crippen LogP contribution in [0, 0.1) is 6.92 Å². The molecule has 0 fully saturated rings. The molecule has 0 aliphatic heterocycles. The first-order valence-electron chi connectivity index (χ1n) is 5.37. The fourth-order valence-electron chi connectivity index (χ4n) is 1.78. The van der Waals surface area contributed by atoms with Gasteiger partial charge in [0.1, 0.15) is 12.3 Å². The SMILES string of the molecule is Cc1ccc2nc(C(N)=O)cc(COC=O)c2c1. The van der Waals surface area contributed by atoms with Gasteiger partial charge in [-0.05, 0) is 25.1 Å². The van der Waals surface area contributed by atoms with Crippen molar-refractivity contribution in [3.8, 4) is 0 Å². The number of hydrogen-bond acceptors (Lipinski definition) is 4. The van der Waals surface area contributed by atoms with E-state index in [2.05, 4.69) is 4.98 Å². The summed E-state index contributed by atoms with van der Waals surface area (Å²) in [5.41, 5.74) is 7.81. The summed E-state index contributed by atoms with van der Waals surface area (Å²) in [6.45, 7) is 2.41. The molecular formula is C13H12N2O3. The Balaban J connectivity index is 2.64. The summed E-state index contributed by atoms with van der Waals surface area (Å²) in [4.78, 5) is 25.6. The van der Waals surface area contributed by atoms with Crippen molar-refractivity contribution in [2.45, 2.75) is 13.5 Å². The number of pyridine rings is 1. The predicted octanol–water partition coefficient (Wildman–Crippen LogP) is 1.32. The number of hydrogen-bond donors (Lipinski definition) is 1. The van der Waals surface area contributed by atoms with E-state index >= 15 is 0 Å². The molecule has 2 aromatic rings. The summed E-state index contributed by atoms with van der Waals surface area (Å²) in [6, 6.07) is 7.18. The lowest BCUT2D eigenvalue weighted by atomic mass is 10.1. The Labute approximate surface area is 104 Å². The van der Waals surface area contributed by atoms with Gasteiger partial charge >= 0.3 is 0 Å². The third-order valence-corrected chi connectivity index (χ3v) is 2.61. The summed E-state index contributed by atoms with van der Waals surface area (Å²) in [5, 5.41) is 0.849. The number of rotatable bonds is 4. The number of carbonyl (C=O) groups excluding carboxylic acids is 2. The molecule has 1 amide bonds. The van der Waals surface area contributed by atoms with E-state index in [0.29, 0.717) is 17.6 Å². The third kappa shape index (κ3) is 2.29. The lowest BCUT2D eigenvalue weighted by Gasteiger charge is -2.08. The number of ether oxygens (including phenoxy) is 1. The van der Waals surface area contributed by atoms with E-state index in [4.69, 9.17) is 10.5 Å². The average Bonchev–Trinajstić information content (AvgIpc) is 2.35. The highest BCUT2D eigenvalue weighted by Crippen LogP contribution is 2.20. The van der Waals surface area contributed by atoms with Crippen molar-refractivity contribution in [3.05, 3.63) is 41.1 Å². The zero-order valence-corrected chi connectivity index (χ0v) is 9.84. The van der Waals surface area contributed by atoms with Gasteiger partial charge in [-0.3, -0.25) is 9.59 Å². The molecule has 1 aromatic heterocycles. The van der Waals surface area contributed by atoms with Crippen LogP contribution < -0.4 is 5.73 Å². The molecule has 0 atom stereocenters. The molecule has 18 heavy (non-hydrogen) atoms. The van der Waals surface area contributed by atoms with Gasteiger partial charge in [0.25, 0.3) is 12.4 Å². The van der Waals surface area contributed by atoms with Gasteiger partial charge in [0, 0.05) is 10.9 Å². The Morgan fingerprint density at radius 3 is 2.89 bits per heavy atom. The Morgan fingerprint density at radius 1 is 1.44 bits per heavy atom. The van der Waals surface area contributed by atoms with Crippen LogP contribution in [0.1, 0.15) is 21.6 Å². The Kier molecular flexibility index (Phi) is 3.23. The molecular weight excluding hydrogens is 232 g/mol. The van der Waals surface area contributed by atoms with Gasteiger partial charge in [-0.25, -0.2) is 4.98 Å². The smallest absolute Gasteiger partial charge is 0.293 e. The van der Waals surface area contributed by atoms with E-state index in [1.54, 1.807) is 6.07 Å². The zero-order valence-electron chi connectivity index (χ0n) is 9.84. The number of nitrogens with two attached hydrogens (primary N) is 1. The monoisotopic (exact) mass is 244 g/mol. The molecule has 1 heterocycles. The maximum atomic E-state index is 11.2. The minimum Gasteiger partial charge on any atom is -0.463 e. The second-order valence-corrected chi connectivity index (χ2v) is 3.96. The van der Waals surface area contributed by atoms with Crippen molar-refractivity contribution in [2.24, 2.45) is 5.73 Å². The van der Waals surface area contributed by atoms with Crippen molar-refractivity contribution in [1.29, 1.82) is 0 Å². The summed E-state index contributed by atoms with van der Waals surface area (Å²) >= 11 is 0. The van der Waals surface area contributed by atoms with Crippen molar-refractivity contribution in [1.82, 2.24) is 4.98 Å². The van der Waals surface area contributed by atoms with E-state index < -0.39 is 5.91 Å². The third-order valence-electron chi connectivity index (χ3n) is 2.61. The molecule has 0 radical (unpaired) electrons. The van der Waals surface area contributed by atoms with Crippen molar-refractivity contribution >= 4 is 23.3 Å². The first-order chi connectivity index (χ1) is 8.61. The van der Waals surface area contributed by atoms with Crippen LogP contribution in [0.3, 0.4) is 0 Å². The Morgan fingerprint density at radius 2 is 2.22 bits per heavy atom. The van der Waals surface area contributed by atoms with Crippen molar-refractivity contribution in [3.63, 3.8) is 0 Å². The highest BCUT2D eigenvalue weighted by Gasteiger charge is 2.10. The second kappa shape index (κ2) is 4.83. The van der Waals surface area contributed by atoms with Crippen molar-refractivity contribution in [2.75, 3.05) is 0 Å². The van der Waals surface area contributed by atoms with Crippen molar-refractivity contribution < 1.29 is 14.3 Å². The molecule has 2 N–H and O–H groups in total. The number of aryl methyl sites for hydroxylation is 1. The Hall–Kier alpha value is -2.43.